The number of nitrogens with zero attached hydrogens (tertiary/aromatic N) is 1. The van der Waals surface area contributed by atoms with Crippen LogP contribution in [-0.4, -0.2) is 5.11 Å². The van der Waals surface area contributed by atoms with E-state index in [9.17, 15) is 9.50 Å². The van der Waals surface area contributed by atoms with Crippen molar-refractivity contribution in [1.82, 2.24) is 0 Å². The van der Waals surface area contributed by atoms with E-state index in [1.807, 2.05) is 13.0 Å². The van der Waals surface area contributed by atoms with Crippen molar-refractivity contribution < 1.29 is 9.50 Å². The highest BCUT2D eigenvalue weighted by atomic mass is 19.1. The van der Waals surface area contributed by atoms with Crippen LogP contribution in [0.4, 0.5) is 4.39 Å². The van der Waals surface area contributed by atoms with Gasteiger partial charge in [-0.15, -0.1) is 0 Å². The Morgan fingerprint density at radius 2 is 2.23 bits per heavy atom. The molecule has 3 heteroatoms. The molecule has 1 aromatic rings. The lowest BCUT2D eigenvalue weighted by Crippen LogP contribution is -1.91. The van der Waals surface area contributed by atoms with Crippen LogP contribution in [0.15, 0.2) is 12.1 Å². The van der Waals surface area contributed by atoms with Gasteiger partial charge in [-0.1, -0.05) is 13.0 Å². The lowest BCUT2D eigenvalue weighted by atomic mass is 10.1. The number of benzene rings is 1. The van der Waals surface area contributed by atoms with Gasteiger partial charge < -0.3 is 5.11 Å². The van der Waals surface area contributed by atoms with Crippen LogP contribution in [-0.2, 0) is 12.8 Å². The summed E-state index contributed by atoms with van der Waals surface area (Å²) in [6.07, 6.45) is 0.728. The molecule has 0 heterocycles. The monoisotopic (exact) mass is 179 g/mol. The molecule has 1 aromatic carbocycles. The van der Waals surface area contributed by atoms with Crippen LogP contribution in [0.25, 0.3) is 0 Å². The Labute approximate surface area is 76.2 Å². The number of aromatic hydroxyl groups is 1. The van der Waals surface area contributed by atoms with Crippen LogP contribution in [0, 0.1) is 17.1 Å². The van der Waals surface area contributed by atoms with Crippen molar-refractivity contribution in [1.29, 1.82) is 5.26 Å². The molecule has 0 saturated carbocycles. The molecule has 0 amide bonds. The number of rotatable bonds is 2. The highest BCUT2D eigenvalue weighted by Crippen LogP contribution is 2.23. The molecule has 68 valence electrons. The second kappa shape index (κ2) is 3.90. The maximum atomic E-state index is 13.0. The first-order valence-electron chi connectivity index (χ1n) is 4.06. The lowest BCUT2D eigenvalue weighted by molar-refractivity contribution is 0.427. The molecule has 0 bridgehead atoms. The molecule has 0 aliphatic heterocycles. The lowest BCUT2D eigenvalue weighted by Gasteiger charge is -2.04. The van der Waals surface area contributed by atoms with Gasteiger partial charge in [-0.2, -0.15) is 5.26 Å². The first-order chi connectivity index (χ1) is 6.19. The Hall–Kier alpha value is -1.56. The van der Waals surface area contributed by atoms with Crippen molar-refractivity contribution in [2.45, 2.75) is 19.8 Å². The Bertz CT molecular complexity index is 355. The molecule has 13 heavy (non-hydrogen) atoms. The van der Waals surface area contributed by atoms with E-state index in [4.69, 9.17) is 5.26 Å². The molecule has 0 radical (unpaired) electrons. The largest absolute Gasteiger partial charge is 0.505 e. The third kappa shape index (κ3) is 1.97. The fourth-order valence-corrected chi connectivity index (χ4v) is 1.14. The van der Waals surface area contributed by atoms with Gasteiger partial charge in [0.05, 0.1) is 12.5 Å². The van der Waals surface area contributed by atoms with E-state index in [0.717, 1.165) is 5.56 Å². The van der Waals surface area contributed by atoms with Crippen LogP contribution >= 0.6 is 0 Å². The molecule has 2 nitrogen and oxygen atoms in total. The molecule has 0 aliphatic rings. The number of phenols is 1. The number of aryl methyl sites for hydroxylation is 1. The fraction of sp³-hybridized carbons (Fsp3) is 0.300. The van der Waals surface area contributed by atoms with E-state index >= 15 is 0 Å². The highest BCUT2D eigenvalue weighted by molar-refractivity contribution is 5.39. The number of halogens is 1. The second-order valence-corrected chi connectivity index (χ2v) is 2.77. The van der Waals surface area contributed by atoms with E-state index in [-0.39, 0.29) is 6.42 Å². The molecule has 0 unspecified atom stereocenters. The summed E-state index contributed by atoms with van der Waals surface area (Å²) in [5, 5.41) is 17.6. The summed E-state index contributed by atoms with van der Waals surface area (Å²) in [7, 11) is 0. The average Bonchev–Trinajstić information content (AvgIpc) is 2.13. The predicted molar refractivity (Wildman–Crippen MR) is 46.8 cm³/mol. The summed E-state index contributed by atoms with van der Waals surface area (Å²) in [6, 6.07) is 4.82. The molecule has 0 spiro atoms. The van der Waals surface area contributed by atoms with Crippen molar-refractivity contribution in [2.24, 2.45) is 0 Å². The topological polar surface area (TPSA) is 44.0 Å². The van der Waals surface area contributed by atoms with Gasteiger partial charge in [0.1, 0.15) is 0 Å². The van der Waals surface area contributed by atoms with Crippen LogP contribution in [0.1, 0.15) is 18.1 Å². The van der Waals surface area contributed by atoms with Crippen molar-refractivity contribution in [3.63, 3.8) is 0 Å². The number of hydrogen-bond acceptors (Lipinski definition) is 2. The minimum absolute atomic E-state index is 0.0383. The number of nitriles is 1. The van der Waals surface area contributed by atoms with E-state index in [1.54, 1.807) is 6.07 Å². The molecular formula is C10H10FNO. The smallest absolute Gasteiger partial charge is 0.165 e. The summed E-state index contributed by atoms with van der Waals surface area (Å²) in [4.78, 5) is 0. The van der Waals surface area contributed by atoms with Crippen molar-refractivity contribution in [3.05, 3.63) is 29.1 Å². The van der Waals surface area contributed by atoms with Crippen molar-refractivity contribution in [3.8, 4) is 11.8 Å². The Balaban J connectivity index is 3.18. The van der Waals surface area contributed by atoms with E-state index in [2.05, 4.69) is 0 Å². The minimum Gasteiger partial charge on any atom is -0.505 e. The maximum absolute atomic E-state index is 13.0. The second-order valence-electron chi connectivity index (χ2n) is 2.77. The Morgan fingerprint density at radius 1 is 1.54 bits per heavy atom. The molecule has 0 aromatic heterocycles. The molecule has 0 saturated heterocycles. The summed E-state index contributed by atoms with van der Waals surface area (Å²) < 4.78 is 13.0. The van der Waals surface area contributed by atoms with Crippen molar-refractivity contribution in [2.75, 3.05) is 0 Å². The molecule has 1 N–H and O–H groups in total. The SMILES string of the molecule is CCc1cc(F)c(O)c(CC#N)c1. The van der Waals surface area contributed by atoms with Gasteiger partial charge in [0.15, 0.2) is 11.6 Å². The normalized spacial score (nSPS) is 9.62. The standard InChI is InChI=1S/C10H10FNO/c1-2-7-5-8(3-4-12)10(13)9(11)6-7/h5-6,13H,2-3H2,1H3. The van der Waals surface area contributed by atoms with Gasteiger partial charge in [-0.25, -0.2) is 4.39 Å². The van der Waals surface area contributed by atoms with Gasteiger partial charge in [-0.3, -0.25) is 0 Å². The zero-order valence-electron chi connectivity index (χ0n) is 7.34. The highest BCUT2D eigenvalue weighted by Gasteiger charge is 2.08. The van der Waals surface area contributed by atoms with E-state index < -0.39 is 11.6 Å². The van der Waals surface area contributed by atoms with Gasteiger partial charge in [-0.05, 0) is 18.1 Å². The summed E-state index contributed by atoms with van der Waals surface area (Å²) in [6.45, 7) is 1.89. The Morgan fingerprint density at radius 3 is 2.77 bits per heavy atom. The minimum atomic E-state index is -0.649. The van der Waals surface area contributed by atoms with Crippen LogP contribution < -0.4 is 0 Å². The molecular weight excluding hydrogens is 169 g/mol. The summed E-state index contributed by atoms with van der Waals surface area (Å²) in [5.74, 6) is -1.05. The summed E-state index contributed by atoms with van der Waals surface area (Å²) in [5.41, 5.74) is 1.15. The first-order valence-corrected chi connectivity index (χ1v) is 4.06. The molecule has 0 atom stereocenters. The Kier molecular flexibility index (Phi) is 2.86. The quantitative estimate of drug-likeness (QED) is 0.756. The molecule has 1 rings (SSSR count). The molecule has 0 fully saturated rings. The van der Waals surface area contributed by atoms with Gasteiger partial charge in [0.2, 0.25) is 0 Å². The maximum Gasteiger partial charge on any atom is 0.165 e. The predicted octanol–water partition coefficient (Wildman–Crippen LogP) is 2.16. The van der Waals surface area contributed by atoms with Crippen LogP contribution in [0.3, 0.4) is 0 Å². The van der Waals surface area contributed by atoms with Crippen LogP contribution in [0.5, 0.6) is 5.75 Å². The number of phenolic OH excluding ortho intramolecular Hbond substituents is 1. The number of hydrogen-bond donors (Lipinski definition) is 1. The zero-order valence-corrected chi connectivity index (χ0v) is 7.34. The average molecular weight is 179 g/mol. The van der Waals surface area contributed by atoms with Gasteiger partial charge in [0.25, 0.3) is 0 Å². The third-order valence-electron chi connectivity index (χ3n) is 1.88. The molecule has 0 aliphatic carbocycles. The van der Waals surface area contributed by atoms with Gasteiger partial charge in [0, 0.05) is 5.56 Å². The first kappa shape index (κ1) is 9.53. The zero-order chi connectivity index (χ0) is 9.84. The van der Waals surface area contributed by atoms with Crippen molar-refractivity contribution >= 4 is 0 Å². The van der Waals surface area contributed by atoms with E-state index in [1.165, 1.54) is 6.07 Å². The van der Waals surface area contributed by atoms with E-state index in [0.29, 0.717) is 12.0 Å². The van der Waals surface area contributed by atoms with Crippen LogP contribution in [0.2, 0.25) is 0 Å². The summed E-state index contributed by atoms with van der Waals surface area (Å²) >= 11 is 0. The third-order valence-corrected chi connectivity index (χ3v) is 1.88. The fourth-order valence-electron chi connectivity index (χ4n) is 1.14. The van der Waals surface area contributed by atoms with Gasteiger partial charge >= 0.3 is 0 Å².